The molecular formula is C18H19FN2O2S2. The van der Waals surface area contributed by atoms with Gasteiger partial charge in [-0.3, -0.25) is 9.59 Å². The first-order valence-electron chi connectivity index (χ1n) is 7.97. The molecule has 2 heterocycles. The van der Waals surface area contributed by atoms with Crippen molar-refractivity contribution in [2.24, 2.45) is 0 Å². The molecule has 1 fully saturated rings. The molecule has 0 bridgehead atoms. The fraction of sp³-hybridized carbons (Fsp3) is 0.333. The Morgan fingerprint density at radius 2 is 2.12 bits per heavy atom. The number of rotatable bonds is 5. The number of halogens is 1. The molecule has 1 aromatic heterocycles. The minimum absolute atomic E-state index is 0.000159. The monoisotopic (exact) mass is 378 g/mol. The van der Waals surface area contributed by atoms with Gasteiger partial charge in [0, 0.05) is 30.6 Å². The maximum absolute atomic E-state index is 13.3. The molecule has 3 rings (SSSR count). The maximum Gasteiger partial charge on any atom is 0.253 e. The standard InChI is InChI=1S/C18H19FN2O2S2/c1-12-16(22)21(18(25-12)15-7-4-10-24-15)9-8-20(2)17(23)13-5-3-6-14(19)11-13/h3-7,10-12,18H,8-9H2,1-2H3/t12-,18-/m1/s1. The SMILES string of the molecule is C[C@H]1S[C@H](c2cccs2)N(CCN(C)C(=O)c2cccc(F)c2)C1=O. The van der Waals surface area contributed by atoms with E-state index in [2.05, 4.69) is 0 Å². The Labute approximate surface area is 154 Å². The zero-order valence-electron chi connectivity index (χ0n) is 14.0. The van der Waals surface area contributed by atoms with E-state index < -0.39 is 5.82 Å². The van der Waals surface area contributed by atoms with Gasteiger partial charge in [-0.05, 0) is 36.6 Å². The molecule has 25 heavy (non-hydrogen) atoms. The van der Waals surface area contributed by atoms with Gasteiger partial charge in [-0.2, -0.15) is 0 Å². The molecule has 1 aliphatic rings. The highest BCUT2D eigenvalue weighted by Gasteiger charge is 2.38. The van der Waals surface area contributed by atoms with Crippen LogP contribution in [0.1, 0.15) is 27.5 Å². The number of hydrogen-bond acceptors (Lipinski definition) is 4. The van der Waals surface area contributed by atoms with Crippen molar-refractivity contribution in [3.8, 4) is 0 Å². The number of carbonyl (C=O) groups excluding carboxylic acids is 2. The first-order chi connectivity index (χ1) is 12.0. The largest absolute Gasteiger partial charge is 0.340 e. The molecule has 2 aromatic rings. The van der Waals surface area contributed by atoms with E-state index in [-0.39, 0.29) is 22.4 Å². The molecule has 132 valence electrons. The fourth-order valence-electron chi connectivity index (χ4n) is 2.76. The summed E-state index contributed by atoms with van der Waals surface area (Å²) < 4.78 is 13.3. The number of benzene rings is 1. The predicted octanol–water partition coefficient (Wildman–Crippen LogP) is 3.62. The van der Waals surface area contributed by atoms with Crippen LogP contribution < -0.4 is 0 Å². The van der Waals surface area contributed by atoms with Gasteiger partial charge in [-0.15, -0.1) is 23.1 Å². The molecule has 0 saturated carbocycles. The van der Waals surface area contributed by atoms with Crippen LogP contribution in [0.3, 0.4) is 0 Å². The molecule has 0 N–H and O–H groups in total. The normalized spacial score (nSPS) is 20.1. The average Bonchev–Trinajstić information content (AvgIpc) is 3.22. The lowest BCUT2D eigenvalue weighted by molar-refractivity contribution is -0.129. The predicted molar refractivity (Wildman–Crippen MR) is 99.2 cm³/mol. The smallest absolute Gasteiger partial charge is 0.253 e. The van der Waals surface area contributed by atoms with Gasteiger partial charge in [-0.25, -0.2) is 4.39 Å². The van der Waals surface area contributed by atoms with Crippen molar-refractivity contribution < 1.29 is 14.0 Å². The van der Waals surface area contributed by atoms with E-state index in [9.17, 15) is 14.0 Å². The second kappa shape index (κ2) is 7.58. The molecule has 4 nitrogen and oxygen atoms in total. The fourth-order valence-corrected chi connectivity index (χ4v) is 5.01. The molecule has 2 amide bonds. The summed E-state index contributed by atoms with van der Waals surface area (Å²) in [6.07, 6.45) is 0. The summed E-state index contributed by atoms with van der Waals surface area (Å²) in [6, 6.07) is 9.66. The summed E-state index contributed by atoms with van der Waals surface area (Å²) in [6.45, 7) is 2.77. The van der Waals surface area contributed by atoms with Gasteiger partial charge in [0.2, 0.25) is 5.91 Å². The van der Waals surface area contributed by atoms with Crippen LogP contribution >= 0.6 is 23.1 Å². The van der Waals surface area contributed by atoms with Crippen molar-refractivity contribution >= 4 is 34.9 Å². The van der Waals surface area contributed by atoms with E-state index in [1.54, 1.807) is 36.2 Å². The Kier molecular flexibility index (Phi) is 5.44. The summed E-state index contributed by atoms with van der Waals surface area (Å²) in [7, 11) is 1.67. The van der Waals surface area contributed by atoms with E-state index in [1.165, 1.54) is 23.1 Å². The van der Waals surface area contributed by atoms with Gasteiger partial charge in [0.15, 0.2) is 0 Å². The summed E-state index contributed by atoms with van der Waals surface area (Å²) in [5.41, 5.74) is 0.313. The van der Waals surface area contributed by atoms with Crippen LogP contribution in [0.4, 0.5) is 4.39 Å². The molecule has 1 aromatic carbocycles. The van der Waals surface area contributed by atoms with Gasteiger partial charge in [0.1, 0.15) is 11.2 Å². The average molecular weight is 378 g/mol. The van der Waals surface area contributed by atoms with Crippen molar-refractivity contribution in [3.05, 3.63) is 58.0 Å². The van der Waals surface area contributed by atoms with Gasteiger partial charge in [0.25, 0.3) is 5.91 Å². The van der Waals surface area contributed by atoms with Crippen molar-refractivity contribution in [2.75, 3.05) is 20.1 Å². The molecule has 1 aliphatic heterocycles. The maximum atomic E-state index is 13.3. The highest BCUT2D eigenvalue weighted by molar-refractivity contribution is 8.01. The Bertz CT molecular complexity index is 766. The quantitative estimate of drug-likeness (QED) is 0.798. The van der Waals surface area contributed by atoms with Crippen LogP contribution in [0.25, 0.3) is 0 Å². The Balaban J connectivity index is 1.66. The Morgan fingerprint density at radius 1 is 1.32 bits per heavy atom. The Hall–Kier alpha value is -1.86. The number of carbonyl (C=O) groups is 2. The van der Waals surface area contributed by atoms with Crippen LogP contribution in [-0.2, 0) is 4.79 Å². The number of nitrogens with zero attached hydrogens (tertiary/aromatic N) is 2. The van der Waals surface area contributed by atoms with Gasteiger partial charge < -0.3 is 9.80 Å². The zero-order valence-corrected chi connectivity index (χ0v) is 15.6. The molecule has 0 radical (unpaired) electrons. The summed E-state index contributed by atoms with van der Waals surface area (Å²) in [5, 5.41) is 1.91. The van der Waals surface area contributed by atoms with Crippen LogP contribution in [0, 0.1) is 5.82 Å². The number of thiophene rings is 1. The van der Waals surface area contributed by atoms with Crippen molar-refractivity contribution in [1.29, 1.82) is 0 Å². The van der Waals surface area contributed by atoms with Gasteiger partial charge in [-0.1, -0.05) is 12.1 Å². The molecule has 1 saturated heterocycles. The molecule has 0 spiro atoms. The molecule has 0 unspecified atom stereocenters. The molecule has 0 aliphatic carbocycles. The van der Waals surface area contributed by atoms with E-state index in [0.29, 0.717) is 18.7 Å². The highest BCUT2D eigenvalue weighted by Crippen LogP contribution is 2.44. The molecule has 7 heteroatoms. The van der Waals surface area contributed by atoms with E-state index >= 15 is 0 Å². The summed E-state index contributed by atoms with van der Waals surface area (Å²) >= 11 is 3.26. The van der Waals surface area contributed by atoms with Crippen LogP contribution in [0.2, 0.25) is 0 Å². The number of amides is 2. The number of likely N-dealkylation sites (N-methyl/N-ethyl adjacent to an activating group) is 1. The lowest BCUT2D eigenvalue weighted by atomic mass is 10.2. The molecular weight excluding hydrogens is 359 g/mol. The minimum Gasteiger partial charge on any atom is -0.340 e. The topological polar surface area (TPSA) is 40.6 Å². The number of thioether (sulfide) groups is 1. The van der Waals surface area contributed by atoms with Crippen LogP contribution in [0.15, 0.2) is 41.8 Å². The van der Waals surface area contributed by atoms with Gasteiger partial charge >= 0.3 is 0 Å². The van der Waals surface area contributed by atoms with Crippen LogP contribution in [-0.4, -0.2) is 47.0 Å². The number of hydrogen-bond donors (Lipinski definition) is 0. The molecule has 2 atom stereocenters. The minimum atomic E-state index is -0.433. The highest BCUT2D eigenvalue weighted by atomic mass is 32.2. The second-order valence-corrected chi connectivity index (χ2v) is 8.32. The van der Waals surface area contributed by atoms with E-state index in [4.69, 9.17) is 0 Å². The lowest BCUT2D eigenvalue weighted by Crippen LogP contribution is -2.38. The van der Waals surface area contributed by atoms with E-state index in [1.807, 2.05) is 29.3 Å². The lowest BCUT2D eigenvalue weighted by Gasteiger charge is -2.26. The van der Waals surface area contributed by atoms with Crippen molar-refractivity contribution in [2.45, 2.75) is 17.5 Å². The first kappa shape index (κ1) is 17.9. The Morgan fingerprint density at radius 3 is 2.80 bits per heavy atom. The first-order valence-corrected chi connectivity index (χ1v) is 9.80. The zero-order chi connectivity index (χ0) is 18.0. The second-order valence-electron chi connectivity index (χ2n) is 5.91. The summed E-state index contributed by atoms with van der Waals surface area (Å²) in [4.78, 5) is 29.4. The van der Waals surface area contributed by atoms with Gasteiger partial charge in [0.05, 0.1) is 5.25 Å². The summed E-state index contributed by atoms with van der Waals surface area (Å²) in [5.74, 6) is -0.591. The third kappa shape index (κ3) is 3.88. The van der Waals surface area contributed by atoms with E-state index in [0.717, 1.165) is 4.88 Å². The van der Waals surface area contributed by atoms with Crippen molar-refractivity contribution in [1.82, 2.24) is 9.80 Å². The third-order valence-electron chi connectivity index (χ3n) is 4.13. The van der Waals surface area contributed by atoms with Crippen molar-refractivity contribution in [3.63, 3.8) is 0 Å². The third-order valence-corrected chi connectivity index (χ3v) is 6.58. The van der Waals surface area contributed by atoms with Crippen LogP contribution in [0.5, 0.6) is 0 Å².